The Kier molecular flexibility index (Phi) is 4.31. The minimum Gasteiger partial charge on any atom is -0.466 e. The van der Waals surface area contributed by atoms with Gasteiger partial charge >= 0.3 is 12.1 Å². The molecule has 0 aromatic heterocycles. The van der Waals surface area contributed by atoms with Crippen LogP contribution in [-0.2, 0) is 19.9 Å². The summed E-state index contributed by atoms with van der Waals surface area (Å²) in [5.74, 6) is -0.430. The Bertz CT molecular complexity index is 853. The zero-order valence-electron chi connectivity index (χ0n) is 14.3. The average molecular weight is 337 g/mol. The van der Waals surface area contributed by atoms with Gasteiger partial charge in [-0.25, -0.2) is 9.59 Å². The molecule has 0 bridgehead atoms. The van der Waals surface area contributed by atoms with E-state index in [0.29, 0.717) is 5.69 Å². The van der Waals surface area contributed by atoms with Crippen molar-refractivity contribution in [2.75, 3.05) is 12.4 Å². The molecular formula is C20H19NO4. The molecule has 0 saturated heterocycles. The number of carbonyl (C=O) groups is 2. The number of rotatable bonds is 3. The van der Waals surface area contributed by atoms with E-state index in [2.05, 4.69) is 5.32 Å². The molecule has 1 N–H and O–H groups in total. The molecule has 0 spiro atoms. The second-order valence-electron chi connectivity index (χ2n) is 6.23. The molecule has 1 amide bonds. The first-order chi connectivity index (χ1) is 11.9. The van der Waals surface area contributed by atoms with Gasteiger partial charge in [0.2, 0.25) is 0 Å². The number of carbonyl (C=O) groups excluding carboxylic acids is 2. The predicted molar refractivity (Wildman–Crippen MR) is 95.1 cm³/mol. The molecule has 0 saturated carbocycles. The van der Waals surface area contributed by atoms with Crippen LogP contribution in [0.1, 0.15) is 30.5 Å². The number of ether oxygens (including phenoxy) is 2. The zero-order chi connectivity index (χ0) is 18.0. The Morgan fingerprint density at radius 1 is 1.12 bits per heavy atom. The van der Waals surface area contributed by atoms with Crippen LogP contribution in [0.3, 0.4) is 0 Å². The van der Waals surface area contributed by atoms with Crippen molar-refractivity contribution in [3.63, 3.8) is 0 Å². The summed E-state index contributed by atoms with van der Waals surface area (Å²) < 4.78 is 10.2. The van der Waals surface area contributed by atoms with E-state index in [9.17, 15) is 9.59 Å². The van der Waals surface area contributed by atoms with Crippen molar-refractivity contribution in [2.24, 2.45) is 0 Å². The molecule has 0 radical (unpaired) electrons. The summed E-state index contributed by atoms with van der Waals surface area (Å²) in [6, 6.07) is 15.2. The van der Waals surface area contributed by atoms with Gasteiger partial charge in [0.15, 0.2) is 0 Å². The number of amides is 1. The third-order valence-corrected chi connectivity index (χ3v) is 4.11. The largest absolute Gasteiger partial charge is 0.466 e. The van der Waals surface area contributed by atoms with Crippen molar-refractivity contribution in [1.29, 1.82) is 0 Å². The van der Waals surface area contributed by atoms with E-state index in [-0.39, 0.29) is 0 Å². The molecule has 5 heteroatoms. The second kappa shape index (κ2) is 6.43. The van der Waals surface area contributed by atoms with Crippen LogP contribution in [0, 0.1) is 0 Å². The number of nitrogens with one attached hydrogen (secondary N) is 1. The Labute approximate surface area is 146 Å². The minimum absolute atomic E-state index is 0.430. The number of methoxy groups -OCH3 is 1. The number of esters is 1. The highest BCUT2D eigenvalue weighted by molar-refractivity contribution is 5.97. The highest BCUT2D eigenvalue weighted by Gasteiger charge is 2.33. The summed E-state index contributed by atoms with van der Waals surface area (Å²) in [6.07, 6.45) is 0.991. The van der Waals surface area contributed by atoms with Gasteiger partial charge in [0.25, 0.3) is 0 Å². The minimum atomic E-state index is -0.763. The Morgan fingerprint density at radius 2 is 1.84 bits per heavy atom. The van der Waals surface area contributed by atoms with Crippen LogP contribution in [0.5, 0.6) is 0 Å². The number of fused-ring (bicyclic) bond motifs is 1. The van der Waals surface area contributed by atoms with E-state index < -0.39 is 17.7 Å². The molecule has 0 atom stereocenters. The number of anilines is 1. The summed E-state index contributed by atoms with van der Waals surface area (Å²) >= 11 is 0. The van der Waals surface area contributed by atoms with Crippen molar-refractivity contribution in [2.45, 2.75) is 19.4 Å². The molecule has 5 nitrogen and oxygen atoms in total. The van der Waals surface area contributed by atoms with Crippen LogP contribution in [0.15, 0.2) is 54.6 Å². The molecule has 1 heterocycles. The van der Waals surface area contributed by atoms with Crippen molar-refractivity contribution in [1.82, 2.24) is 0 Å². The fourth-order valence-electron chi connectivity index (χ4n) is 2.87. The Hall–Kier alpha value is -3.08. The third kappa shape index (κ3) is 3.40. The van der Waals surface area contributed by atoms with Crippen LogP contribution in [-0.4, -0.2) is 19.2 Å². The molecule has 0 fully saturated rings. The maximum absolute atomic E-state index is 11.8. The number of hydrogen-bond donors (Lipinski definition) is 1. The van der Waals surface area contributed by atoms with E-state index in [1.165, 1.54) is 13.2 Å². The number of cyclic esters (lactones) is 1. The van der Waals surface area contributed by atoms with Gasteiger partial charge in [-0.05, 0) is 42.7 Å². The average Bonchev–Trinajstić information content (AvgIpc) is 2.59. The topological polar surface area (TPSA) is 64.6 Å². The zero-order valence-corrected chi connectivity index (χ0v) is 14.3. The molecule has 0 aliphatic carbocycles. The first kappa shape index (κ1) is 16.8. The van der Waals surface area contributed by atoms with E-state index in [1.54, 1.807) is 0 Å². The van der Waals surface area contributed by atoms with E-state index in [0.717, 1.165) is 22.3 Å². The van der Waals surface area contributed by atoms with Crippen LogP contribution in [0.4, 0.5) is 10.5 Å². The molecule has 25 heavy (non-hydrogen) atoms. The molecule has 1 aliphatic heterocycles. The first-order valence-electron chi connectivity index (χ1n) is 7.90. The SMILES string of the molecule is COC(=O)C=C(c1ccccc1)c1ccc2c(c1)C(C)(C)OC(=O)N2. The van der Waals surface area contributed by atoms with Crippen LogP contribution in [0.2, 0.25) is 0 Å². The molecular weight excluding hydrogens is 318 g/mol. The maximum Gasteiger partial charge on any atom is 0.412 e. The van der Waals surface area contributed by atoms with Crippen molar-refractivity contribution < 1.29 is 19.1 Å². The molecule has 2 aromatic rings. The monoisotopic (exact) mass is 337 g/mol. The van der Waals surface area contributed by atoms with Gasteiger partial charge in [0, 0.05) is 11.6 Å². The smallest absolute Gasteiger partial charge is 0.412 e. The normalized spacial score (nSPS) is 15.6. The quantitative estimate of drug-likeness (QED) is 0.677. The Balaban J connectivity index is 2.14. The summed E-state index contributed by atoms with van der Waals surface area (Å²) in [7, 11) is 1.35. The predicted octanol–water partition coefficient (Wildman–Crippen LogP) is 4.09. The summed E-state index contributed by atoms with van der Waals surface area (Å²) in [6.45, 7) is 3.67. The molecule has 3 rings (SSSR count). The van der Waals surface area contributed by atoms with Gasteiger partial charge in [-0.3, -0.25) is 5.32 Å². The lowest BCUT2D eigenvalue weighted by Gasteiger charge is -2.33. The molecule has 1 aliphatic rings. The van der Waals surface area contributed by atoms with Gasteiger partial charge in [0.05, 0.1) is 12.8 Å². The summed E-state index contributed by atoms with van der Waals surface area (Å²) in [4.78, 5) is 23.5. The maximum atomic E-state index is 11.8. The number of hydrogen-bond acceptors (Lipinski definition) is 4. The summed E-state index contributed by atoms with van der Waals surface area (Å²) in [5, 5.41) is 2.70. The lowest BCUT2D eigenvalue weighted by Crippen LogP contribution is -2.34. The molecule has 0 unspecified atom stereocenters. The van der Waals surface area contributed by atoms with E-state index in [1.807, 2.05) is 62.4 Å². The first-order valence-corrected chi connectivity index (χ1v) is 7.90. The molecule has 128 valence electrons. The molecule has 2 aromatic carbocycles. The van der Waals surface area contributed by atoms with Crippen LogP contribution in [0.25, 0.3) is 5.57 Å². The van der Waals surface area contributed by atoms with Gasteiger partial charge in [0.1, 0.15) is 5.60 Å². The summed E-state index contributed by atoms with van der Waals surface area (Å²) in [5.41, 5.74) is 3.25. The van der Waals surface area contributed by atoms with Crippen LogP contribution >= 0.6 is 0 Å². The Morgan fingerprint density at radius 3 is 2.52 bits per heavy atom. The van der Waals surface area contributed by atoms with E-state index >= 15 is 0 Å². The van der Waals surface area contributed by atoms with Gasteiger partial charge in [-0.1, -0.05) is 36.4 Å². The third-order valence-electron chi connectivity index (χ3n) is 4.11. The van der Waals surface area contributed by atoms with E-state index in [4.69, 9.17) is 9.47 Å². The van der Waals surface area contributed by atoms with Crippen molar-refractivity contribution in [3.05, 3.63) is 71.3 Å². The van der Waals surface area contributed by atoms with Gasteiger partial charge in [-0.15, -0.1) is 0 Å². The van der Waals surface area contributed by atoms with Gasteiger partial charge < -0.3 is 9.47 Å². The highest BCUT2D eigenvalue weighted by atomic mass is 16.6. The van der Waals surface area contributed by atoms with Crippen molar-refractivity contribution >= 4 is 23.3 Å². The van der Waals surface area contributed by atoms with Gasteiger partial charge in [-0.2, -0.15) is 0 Å². The van der Waals surface area contributed by atoms with Crippen molar-refractivity contribution in [3.8, 4) is 0 Å². The highest BCUT2D eigenvalue weighted by Crippen LogP contribution is 2.38. The van der Waals surface area contributed by atoms with Crippen LogP contribution < -0.4 is 5.32 Å². The second-order valence-corrected chi connectivity index (χ2v) is 6.23. The number of benzene rings is 2. The standard InChI is InChI=1S/C20H19NO4/c1-20(2)16-11-14(9-10-17(16)21-19(23)25-20)15(12-18(22)24-3)13-7-5-4-6-8-13/h4-12H,1-3H3,(H,21,23). The fraction of sp³-hybridized carbons (Fsp3) is 0.200. The lowest BCUT2D eigenvalue weighted by molar-refractivity contribution is -0.134. The lowest BCUT2D eigenvalue weighted by atomic mass is 9.89. The fourth-order valence-corrected chi connectivity index (χ4v) is 2.87.